The quantitative estimate of drug-likeness (QED) is 0.390. The lowest BCUT2D eigenvalue weighted by Crippen LogP contribution is -2.35. The Balaban J connectivity index is 1.82. The minimum atomic E-state index is -3.72. The van der Waals surface area contributed by atoms with Crippen molar-refractivity contribution in [3.8, 4) is 0 Å². The first-order valence-electron chi connectivity index (χ1n) is 9.50. The number of aliphatic hydroxyl groups excluding tert-OH is 2. The molecule has 2 saturated carbocycles. The van der Waals surface area contributed by atoms with E-state index in [2.05, 4.69) is 25.6 Å². The molecule has 2 fully saturated rings. The Bertz CT molecular complexity index is 1050. The van der Waals surface area contributed by atoms with Gasteiger partial charge >= 0.3 is 0 Å². The van der Waals surface area contributed by atoms with Gasteiger partial charge in [-0.3, -0.25) is 4.79 Å². The number of carbonyl (C=O) groups excluding carboxylic acids is 1. The maximum Gasteiger partial charge on any atom is 0.251 e. The van der Waals surface area contributed by atoms with E-state index >= 15 is 0 Å². The number of nitrogens with one attached hydrogen (secondary N) is 1. The van der Waals surface area contributed by atoms with Crippen LogP contribution in [0.3, 0.4) is 0 Å². The number of aromatic nitrogens is 5. The Morgan fingerprint density at radius 2 is 2.00 bits per heavy atom. The molecular formula is C16H23N7O5S. The summed E-state index contributed by atoms with van der Waals surface area (Å²) in [5, 5.41) is 31.5. The number of fused-ring (bicyclic) bond motifs is 1. The van der Waals surface area contributed by atoms with Gasteiger partial charge in [-0.25, -0.2) is 13.1 Å². The molecule has 13 heteroatoms. The standard InChI is InChI=1S/C16H23N7O5S/c1-2-5-29(27,28)16-19-14(18-7-3-4-7)10-15(20-16)23(22-21-10)9-6-8(13(17)26)11(24)12(9)25/h7-9,11-12,24-25H,2-6H2,1H3,(H2,17,26)(H,18,19,20)/t8-,9+,11+,12-/m0/s1. The van der Waals surface area contributed by atoms with Crippen molar-refractivity contribution >= 4 is 32.7 Å². The van der Waals surface area contributed by atoms with Crippen LogP contribution in [0.25, 0.3) is 11.2 Å². The Morgan fingerprint density at radius 1 is 1.28 bits per heavy atom. The molecule has 29 heavy (non-hydrogen) atoms. The number of hydrogen-bond acceptors (Lipinski definition) is 10. The summed E-state index contributed by atoms with van der Waals surface area (Å²) in [7, 11) is -3.72. The van der Waals surface area contributed by atoms with Crippen LogP contribution in [0.5, 0.6) is 0 Å². The number of sulfone groups is 1. The van der Waals surface area contributed by atoms with Gasteiger partial charge in [0.2, 0.25) is 15.7 Å². The smallest absolute Gasteiger partial charge is 0.251 e. The molecule has 0 unspecified atom stereocenters. The second-order valence-corrected chi connectivity index (χ2v) is 9.59. The van der Waals surface area contributed by atoms with E-state index in [9.17, 15) is 23.4 Å². The fourth-order valence-corrected chi connectivity index (χ4v) is 4.76. The summed E-state index contributed by atoms with van der Waals surface area (Å²) < 4.78 is 26.4. The van der Waals surface area contributed by atoms with Gasteiger partial charge in [0.05, 0.1) is 23.8 Å². The number of aliphatic hydroxyl groups is 2. The number of carbonyl (C=O) groups is 1. The SMILES string of the molecule is CCCS(=O)(=O)c1nc(NC2CC2)c2nnn([C@@H]3C[C@H](C(N)=O)[C@@H](O)[C@H]3O)c2n1. The molecule has 0 spiro atoms. The van der Waals surface area contributed by atoms with Gasteiger partial charge in [-0.2, -0.15) is 9.97 Å². The van der Waals surface area contributed by atoms with Gasteiger partial charge in [0.1, 0.15) is 6.10 Å². The fraction of sp³-hybridized carbons (Fsp3) is 0.688. The third kappa shape index (κ3) is 3.53. The van der Waals surface area contributed by atoms with E-state index in [1.165, 1.54) is 4.68 Å². The molecule has 4 atom stereocenters. The van der Waals surface area contributed by atoms with E-state index in [0.717, 1.165) is 12.8 Å². The summed E-state index contributed by atoms with van der Waals surface area (Å²) in [5.41, 5.74) is 5.68. The van der Waals surface area contributed by atoms with Crippen molar-refractivity contribution in [3.05, 3.63) is 0 Å². The van der Waals surface area contributed by atoms with Gasteiger partial charge in [0, 0.05) is 6.04 Å². The number of amides is 1. The second kappa shape index (κ2) is 7.15. The van der Waals surface area contributed by atoms with Gasteiger partial charge < -0.3 is 21.3 Å². The van der Waals surface area contributed by atoms with Crippen LogP contribution in [0, 0.1) is 5.92 Å². The highest BCUT2D eigenvalue weighted by Gasteiger charge is 2.46. The molecule has 158 valence electrons. The average molecular weight is 425 g/mol. The van der Waals surface area contributed by atoms with Crippen LogP contribution in [0.15, 0.2) is 5.16 Å². The van der Waals surface area contributed by atoms with Crippen molar-refractivity contribution in [2.45, 2.75) is 62.1 Å². The van der Waals surface area contributed by atoms with E-state index < -0.39 is 39.9 Å². The van der Waals surface area contributed by atoms with E-state index in [0.29, 0.717) is 6.42 Å². The summed E-state index contributed by atoms with van der Waals surface area (Å²) in [6.45, 7) is 1.74. The Labute approximate surface area is 166 Å². The molecule has 2 heterocycles. The highest BCUT2D eigenvalue weighted by atomic mass is 32.2. The van der Waals surface area contributed by atoms with Crippen LogP contribution < -0.4 is 11.1 Å². The predicted octanol–water partition coefficient (Wildman–Crippen LogP) is -1.25. The molecule has 0 aliphatic heterocycles. The molecular weight excluding hydrogens is 402 g/mol. The van der Waals surface area contributed by atoms with Gasteiger partial charge in [-0.1, -0.05) is 12.1 Å². The zero-order valence-corrected chi connectivity index (χ0v) is 16.6. The minimum absolute atomic E-state index is 0.0303. The van der Waals surface area contributed by atoms with E-state index in [-0.39, 0.29) is 40.4 Å². The predicted molar refractivity (Wildman–Crippen MR) is 100 cm³/mol. The average Bonchev–Trinajstić information content (AvgIpc) is 3.29. The molecule has 12 nitrogen and oxygen atoms in total. The molecule has 0 bridgehead atoms. The van der Waals surface area contributed by atoms with Gasteiger partial charge in [-0.15, -0.1) is 5.10 Å². The fourth-order valence-electron chi connectivity index (χ4n) is 3.59. The molecule has 0 radical (unpaired) electrons. The lowest BCUT2D eigenvalue weighted by molar-refractivity contribution is -0.125. The van der Waals surface area contributed by atoms with Crippen molar-refractivity contribution in [2.24, 2.45) is 11.7 Å². The molecule has 4 rings (SSSR count). The Hall–Kier alpha value is -2.38. The van der Waals surface area contributed by atoms with Crippen LogP contribution in [0.4, 0.5) is 5.82 Å². The number of primary amides is 1. The summed E-state index contributed by atoms with van der Waals surface area (Å²) in [6.07, 6.45) is -0.383. The van der Waals surface area contributed by atoms with Crippen LogP contribution in [0.2, 0.25) is 0 Å². The molecule has 2 aliphatic carbocycles. The highest BCUT2D eigenvalue weighted by molar-refractivity contribution is 7.91. The summed E-state index contributed by atoms with van der Waals surface area (Å²) in [6, 6.07) is -0.656. The van der Waals surface area contributed by atoms with Crippen LogP contribution >= 0.6 is 0 Å². The normalized spacial score (nSPS) is 27.4. The third-order valence-corrected chi connectivity index (χ3v) is 6.99. The number of hydrogen-bond donors (Lipinski definition) is 4. The lowest BCUT2D eigenvalue weighted by Gasteiger charge is -2.17. The largest absolute Gasteiger partial charge is 0.390 e. The molecule has 0 aromatic carbocycles. The van der Waals surface area contributed by atoms with Crippen molar-refractivity contribution in [1.82, 2.24) is 25.0 Å². The van der Waals surface area contributed by atoms with Crippen LogP contribution in [0.1, 0.15) is 38.6 Å². The van der Waals surface area contributed by atoms with Crippen molar-refractivity contribution < 1.29 is 23.4 Å². The first kappa shape index (κ1) is 19.9. The Morgan fingerprint density at radius 3 is 2.59 bits per heavy atom. The highest BCUT2D eigenvalue weighted by Crippen LogP contribution is 2.37. The summed E-state index contributed by atoms with van der Waals surface area (Å²) >= 11 is 0. The molecule has 5 N–H and O–H groups in total. The minimum Gasteiger partial charge on any atom is -0.390 e. The summed E-state index contributed by atoms with van der Waals surface area (Å²) in [5.74, 6) is -1.54. The van der Waals surface area contributed by atoms with E-state index in [1.807, 2.05) is 0 Å². The lowest BCUT2D eigenvalue weighted by atomic mass is 10.1. The van der Waals surface area contributed by atoms with Gasteiger partial charge in [0.15, 0.2) is 17.0 Å². The second-order valence-electron chi connectivity index (χ2n) is 7.59. The number of rotatable bonds is 7. The van der Waals surface area contributed by atoms with Crippen molar-refractivity contribution in [3.63, 3.8) is 0 Å². The maximum atomic E-state index is 12.6. The van der Waals surface area contributed by atoms with Gasteiger partial charge in [-0.05, 0) is 25.7 Å². The van der Waals surface area contributed by atoms with E-state index in [4.69, 9.17) is 5.73 Å². The Kier molecular flexibility index (Phi) is 4.91. The first-order valence-corrected chi connectivity index (χ1v) is 11.2. The zero-order valence-electron chi connectivity index (χ0n) is 15.8. The molecule has 1 amide bonds. The summed E-state index contributed by atoms with van der Waals surface area (Å²) in [4.78, 5) is 19.9. The van der Waals surface area contributed by atoms with E-state index in [1.54, 1.807) is 6.92 Å². The number of nitrogens with two attached hydrogens (primary N) is 1. The number of nitrogens with zero attached hydrogens (tertiary/aromatic N) is 5. The molecule has 2 aromatic rings. The van der Waals surface area contributed by atoms with Crippen molar-refractivity contribution in [1.29, 1.82) is 0 Å². The van der Waals surface area contributed by atoms with Crippen LogP contribution in [-0.4, -0.2) is 73.5 Å². The molecule has 2 aromatic heterocycles. The van der Waals surface area contributed by atoms with Crippen LogP contribution in [-0.2, 0) is 14.6 Å². The van der Waals surface area contributed by atoms with Crippen molar-refractivity contribution in [2.75, 3.05) is 11.1 Å². The number of anilines is 1. The maximum absolute atomic E-state index is 12.6. The molecule has 0 saturated heterocycles. The van der Waals surface area contributed by atoms with Gasteiger partial charge in [0.25, 0.3) is 5.16 Å². The topological polar surface area (TPSA) is 186 Å². The first-order chi connectivity index (χ1) is 13.7. The third-order valence-electron chi connectivity index (χ3n) is 5.30. The monoisotopic (exact) mass is 425 g/mol. The molecule has 2 aliphatic rings. The zero-order chi connectivity index (χ0) is 20.9.